The first-order valence-corrected chi connectivity index (χ1v) is 9.34. The first-order chi connectivity index (χ1) is 10.7. The van der Waals surface area contributed by atoms with Crippen LogP contribution >= 0.6 is 0 Å². The number of esters is 1. The van der Waals surface area contributed by atoms with Gasteiger partial charge in [0.05, 0.1) is 24.0 Å². The summed E-state index contributed by atoms with van der Waals surface area (Å²) in [7, 11) is -2.29. The highest BCUT2D eigenvalue weighted by atomic mass is 32.2. The Balaban J connectivity index is 2.02. The van der Waals surface area contributed by atoms with Gasteiger partial charge in [0.1, 0.15) is 5.76 Å². The fourth-order valence-electron chi connectivity index (χ4n) is 3.08. The molecule has 1 atom stereocenters. The zero-order chi connectivity index (χ0) is 17.3. The summed E-state index contributed by atoms with van der Waals surface area (Å²) < 4.78 is 37.3. The van der Waals surface area contributed by atoms with Crippen LogP contribution in [-0.4, -0.2) is 38.4 Å². The van der Waals surface area contributed by atoms with E-state index in [9.17, 15) is 13.2 Å². The number of aromatic nitrogens is 1. The maximum atomic E-state index is 12.4. The van der Waals surface area contributed by atoms with Crippen LogP contribution in [0.15, 0.2) is 4.52 Å². The van der Waals surface area contributed by atoms with Gasteiger partial charge >= 0.3 is 5.97 Å². The molecular weight excluding hydrogens is 320 g/mol. The standard InChI is InChI=1S/C15H24N2O5S/c1-10(8-13-11(2)16-22-12(13)3)17-23(19,20)9-15(6-5-7-15)14(18)21-4/h10,17H,5-9H2,1-4H3. The van der Waals surface area contributed by atoms with Crippen molar-refractivity contribution in [2.75, 3.05) is 12.9 Å². The van der Waals surface area contributed by atoms with Crippen molar-refractivity contribution in [3.63, 3.8) is 0 Å². The number of hydrogen-bond acceptors (Lipinski definition) is 6. The normalized spacial score (nSPS) is 18.3. The molecule has 0 aliphatic heterocycles. The molecule has 0 bridgehead atoms. The molecule has 0 radical (unpaired) electrons. The Morgan fingerprint density at radius 1 is 1.43 bits per heavy atom. The number of methoxy groups -OCH3 is 1. The molecule has 1 N–H and O–H groups in total. The summed E-state index contributed by atoms with van der Waals surface area (Å²) >= 11 is 0. The smallest absolute Gasteiger partial charge is 0.312 e. The predicted molar refractivity (Wildman–Crippen MR) is 84.4 cm³/mol. The van der Waals surface area contributed by atoms with Gasteiger partial charge in [-0.15, -0.1) is 0 Å². The van der Waals surface area contributed by atoms with E-state index in [2.05, 4.69) is 9.88 Å². The number of hydrogen-bond donors (Lipinski definition) is 1. The predicted octanol–water partition coefficient (Wildman–Crippen LogP) is 1.49. The van der Waals surface area contributed by atoms with Crippen LogP contribution in [0.5, 0.6) is 0 Å². The Hall–Kier alpha value is -1.41. The Morgan fingerprint density at radius 2 is 2.09 bits per heavy atom. The third kappa shape index (κ3) is 3.92. The summed E-state index contributed by atoms with van der Waals surface area (Å²) in [5, 5.41) is 3.87. The highest BCUT2D eigenvalue weighted by Gasteiger charge is 2.48. The molecule has 0 saturated heterocycles. The number of sulfonamides is 1. The summed E-state index contributed by atoms with van der Waals surface area (Å²) in [5.41, 5.74) is 0.786. The van der Waals surface area contributed by atoms with Crippen molar-refractivity contribution in [3.8, 4) is 0 Å². The fraction of sp³-hybridized carbons (Fsp3) is 0.733. The maximum absolute atomic E-state index is 12.4. The Labute approximate surface area is 136 Å². The van der Waals surface area contributed by atoms with Gasteiger partial charge in [0.15, 0.2) is 0 Å². The molecule has 1 aliphatic carbocycles. The molecule has 2 rings (SSSR count). The highest BCUT2D eigenvalue weighted by molar-refractivity contribution is 7.89. The Kier molecular flexibility index (Phi) is 5.15. The highest BCUT2D eigenvalue weighted by Crippen LogP contribution is 2.43. The van der Waals surface area contributed by atoms with Crippen LogP contribution in [0.1, 0.15) is 43.2 Å². The summed E-state index contributed by atoms with van der Waals surface area (Å²) in [6.07, 6.45) is 2.45. The van der Waals surface area contributed by atoms with E-state index in [-0.39, 0.29) is 11.8 Å². The SMILES string of the molecule is COC(=O)C1(CS(=O)(=O)NC(C)Cc2c(C)noc2C)CCC1. The Morgan fingerprint density at radius 3 is 2.52 bits per heavy atom. The van der Waals surface area contributed by atoms with Gasteiger partial charge < -0.3 is 9.26 Å². The lowest BCUT2D eigenvalue weighted by Crippen LogP contribution is -2.48. The van der Waals surface area contributed by atoms with Gasteiger partial charge in [0.2, 0.25) is 10.0 Å². The molecule has 1 aromatic rings. The molecule has 1 unspecified atom stereocenters. The number of aryl methyl sites for hydroxylation is 2. The summed E-state index contributed by atoms with van der Waals surface area (Å²) in [6.45, 7) is 5.42. The average molecular weight is 344 g/mol. The quantitative estimate of drug-likeness (QED) is 0.752. The third-order valence-electron chi connectivity index (χ3n) is 4.47. The molecule has 1 saturated carbocycles. The maximum Gasteiger partial charge on any atom is 0.312 e. The minimum absolute atomic E-state index is 0.224. The lowest BCUT2D eigenvalue weighted by Gasteiger charge is -2.38. The van der Waals surface area contributed by atoms with Crippen LogP contribution in [-0.2, 0) is 26.0 Å². The third-order valence-corrected chi connectivity index (χ3v) is 6.16. The zero-order valence-electron chi connectivity index (χ0n) is 14.0. The monoisotopic (exact) mass is 344 g/mol. The molecule has 1 aliphatic rings. The lowest BCUT2D eigenvalue weighted by molar-refractivity contribution is -0.156. The minimum Gasteiger partial charge on any atom is -0.469 e. The number of rotatable bonds is 7. The van der Waals surface area contributed by atoms with Crippen molar-refractivity contribution >= 4 is 16.0 Å². The second kappa shape index (κ2) is 6.60. The van der Waals surface area contributed by atoms with Crippen LogP contribution in [0.2, 0.25) is 0 Å². The summed E-state index contributed by atoms with van der Waals surface area (Å²) in [5.74, 6) is 0.0320. The summed E-state index contributed by atoms with van der Waals surface area (Å²) in [4.78, 5) is 11.9. The fourth-order valence-corrected chi connectivity index (χ4v) is 4.99. The van der Waals surface area contributed by atoms with Crippen molar-refractivity contribution in [2.45, 2.75) is 52.5 Å². The molecule has 1 aromatic heterocycles. The molecule has 130 valence electrons. The summed E-state index contributed by atoms with van der Waals surface area (Å²) in [6, 6.07) is -0.313. The van der Waals surface area contributed by atoms with Crippen LogP contribution in [0.25, 0.3) is 0 Å². The second-order valence-electron chi connectivity index (χ2n) is 6.41. The van der Waals surface area contributed by atoms with E-state index in [1.54, 1.807) is 13.8 Å². The minimum atomic E-state index is -3.59. The molecule has 0 spiro atoms. The average Bonchev–Trinajstić information content (AvgIpc) is 2.73. The van der Waals surface area contributed by atoms with E-state index in [4.69, 9.17) is 9.26 Å². The Bertz CT molecular complexity index is 657. The van der Waals surface area contributed by atoms with Crippen molar-refractivity contribution in [1.29, 1.82) is 0 Å². The van der Waals surface area contributed by atoms with Crippen LogP contribution in [0.4, 0.5) is 0 Å². The van der Waals surface area contributed by atoms with Crippen molar-refractivity contribution in [2.24, 2.45) is 5.41 Å². The van der Waals surface area contributed by atoms with Crippen LogP contribution < -0.4 is 4.72 Å². The van der Waals surface area contributed by atoms with Crippen molar-refractivity contribution in [1.82, 2.24) is 9.88 Å². The molecule has 7 nitrogen and oxygen atoms in total. The van der Waals surface area contributed by atoms with E-state index in [0.717, 1.165) is 17.7 Å². The molecule has 8 heteroatoms. The topological polar surface area (TPSA) is 98.5 Å². The van der Waals surface area contributed by atoms with Crippen LogP contribution in [0, 0.1) is 19.3 Å². The first kappa shape index (κ1) is 17.9. The lowest BCUT2D eigenvalue weighted by atomic mass is 9.70. The van der Waals surface area contributed by atoms with Gasteiger partial charge in [-0.1, -0.05) is 11.6 Å². The van der Waals surface area contributed by atoms with Crippen LogP contribution in [0.3, 0.4) is 0 Å². The van der Waals surface area contributed by atoms with Gasteiger partial charge in [-0.05, 0) is 40.0 Å². The van der Waals surface area contributed by atoms with E-state index in [1.807, 2.05) is 6.92 Å². The first-order valence-electron chi connectivity index (χ1n) is 7.69. The largest absolute Gasteiger partial charge is 0.469 e. The van der Waals surface area contributed by atoms with E-state index in [1.165, 1.54) is 7.11 Å². The number of nitrogens with zero attached hydrogens (tertiary/aromatic N) is 1. The van der Waals surface area contributed by atoms with Gasteiger partial charge in [-0.25, -0.2) is 13.1 Å². The van der Waals surface area contributed by atoms with Crippen molar-refractivity contribution in [3.05, 3.63) is 17.0 Å². The number of carbonyl (C=O) groups is 1. The van der Waals surface area contributed by atoms with Gasteiger partial charge in [-0.2, -0.15) is 0 Å². The molecule has 0 aromatic carbocycles. The second-order valence-corrected chi connectivity index (χ2v) is 8.16. The number of ether oxygens (including phenoxy) is 1. The van der Waals surface area contributed by atoms with E-state index < -0.39 is 21.4 Å². The molecule has 1 fully saturated rings. The number of nitrogens with one attached hydrogen (secondary N) is 1. The van der Waals surface area contributed by atoms with E-state index in [0.29, 0.717) is 25.0 Å². The molecule has 0 amide bonds. The molecule has 1 heterocycles. The number of carbonyl (C=O) groups excluding carboxylic acids is 1. The zero-order valence-corrected chi connectivity index (χ0v) is 14.8. The molecular formula is C15H24N2O5S. The van der Waals surface area contributed by atoms with Crippen molar-refractivity contribution < 1.29 is 22.5 Å². The van der Waals surface area contributed by atoms with Gasteiger partial charge in [-0.3, -0.25) is 4.79 Å². The van der Waals surface area contributed by atoms with E-state index >= 15 is 0 Å². The van der Waals surface area contributed by atoms with Gasteiger partial charge in [0.25, 0.3) is 0 Å². The van der Waals surface area contributed by atoms with Gasteiger partial charge in [0, 0.05) is 11.6 Å². The molecule has 23 heavy (non-hydrogen) atoms.